The topological polar surface area (TPSA) is 12.5 Å². The number of fused-ring (bicyclic) bond motifs is 1. The Morgan fingerprint density at radius 3 is 2.94 bits per heavy atom. The minimum Gasteiger partial charge on any atom is -0.375 e. The second kappa shape index (κ2) is 4.98. The Morgan fingerprint density at radius 2 is 2.11 bits per heavy atom. The first-order valence-corrected chi connectivity index (χ1v) is 6.82. The molecule has 0 spiro atoms. The van der Waals surface area contributed by atoms with Crippen molar-refractivity contribution in [1.82, 2.24) is 4.90 Å². The van der Waals surface area contributed by atoms with Crippen LogP contribution in [0.5, 0.6) is 0 Å². The molecule has 3 heteroatoms. The third kappa shape index (κ3) is 2.06. The van der Waals surface area contributed by atoms with Crippen molar-refractivity contribution in [2.75, 3.05) is 19.7 Å². The van der Waals surface area contributed by atoms with E-state index in [2.05, 4.69) is 4.90 Å². The zero-order valence-corrected chi connectivity index (χ0v) is 10.6. The van der Waals surface area contributed by atoms with Gasteiger partial charge in [0.1, 0.15) is 6.17 Å². The minimum absolute atomic E-state index is 0.311. The van der Waals surface area contributed by atoms with Gasteiger partial charge in [-0.05, 0) is 31.4 Å². The number of hydrogen-bond donors (Lipinski definition) is 0. The molecule has 2 aliphatic heterocycles. The summed E-state index contributed by atoms with van der Waals surface area (Å²) in [5.41, 5.74) is 0.848. The largest absolute Gasteiger partial charge is 0.375 e. The highest BCUT2D eigenvalue weighted by atomic mass is 19.1. The van der Waals surface area contributed by atoms with Gasteiger partial charge in [-0.3, -0.25) is 4.90 Å². The van der Waals surface area contributed by atoms with E-state index in [1.807, 2.05) is 30.3 Å². The van der Waals surface area contributed by atoms with Gasteiger partial charge >= 0.3 is 0 Å². The summed E-state index contributed by atoms with van der Waals surface area (Å²) in [5.74, 6) is 0. The van der Waals surface area contributed by atoms with Crippen LogP contribution in [0.1, 0.15) is 24.8 Å². The molecule has 2 nitrogen and oxygen atoms in total. The molecule has 2 atom stereocenters. The average molecular weight is 249 g/mol. The van der Waals surface area contributed by atoms with E-state index in [-0.39, 0.29) is 5.54 Å². The molecule has 0 bridgehead atoms. The van der Waals surface area contributed by atoms with Crippen molar-refractivity contribution >= 4 is 0 Å². The van der Waals surface area contributed by atoms with Gasteiger partial charge in [0.25, 0.3) is 0 Å². The lowest BCUT2D eigenvalue weighted by Gasteiger charge is -2.33. The van der Waals surface area contributed by atoms with E-state index in [1.165, 1.54) is 0 Å². The highest BCUT2D eigenvalue weighted by Crippen LogP contribution is 2.41. The second-order valence-electron chi connectivity index (χ2n) is 5.43. The highest BCUT2D eigenvalue weighted by molar-refractivity contribution is 5.13. The summed E-state index contributed by atoms with van der Waals surface area (Å²) in [6.07, 6.45) is 2.02. The summed E-state index contributed by atoms with van der Waals surface area (Å²) in [7, 11) is 0. The van der Waals surface area contributed by atoms with Gasteiger partial charge in [-0.25, -0.2) is 4.39 Å². The molecule has 0 aromatic heterocycles. The monoisotopic (exact) mass is 249 g/mol. The maximum Gasteiger partial charge on any atom is 0.122 e. The van der Waals surface area contributed by atoms with Gasteiger partial charge in [0.2, 0.25) is 0 Å². The van der Waals surface area contributed by atoms with Crippen LogP contribution < -0.4 is 0 Å². The molecule has 2 saturated heterocycles. The number of ether oxygens (including phenoxy) is 1. The molecule has 1 aromatic carbocycles. The summed E-state index contributed by atoms with van der Waals surface area (Å²) in [5, 5.41) is 0. The van der Waals surface area contributed by atoms with Crippen LogP contribution in [0, 0.1) is 0 Å². The molecule has 0 saturated carbocycles. The molecule has 1 aromatic rings. The fourth-order valence-electron chi connectivity index (χ4n) is 3.36. The molecule has 98 valence electrons. The smallest absolute Gasteiger partial charge is 0.122 e. The number of hydrogen-bond acceptors (Lipinski definition) is 2. The number of alkyl halides is 1. The number of halogens is 1. The minimum atomic E-state index is -0.712. The number of benzene rings is 1. The lowest BCUT2D eigenvalue weighted by atomic mass is 9.93. The first-order chi connectivity index (χ1) is 8.81. The van der Waals surface area contributed by atoms with E-state index in [1.54, 1.807) is 0 Å². The Kier molecular flexibility index (Phi) is 3.35. The molecule has 18 heavy (non-hydrogen) atoms. The maximum absolute atomic E-state index is 14.1. The summed E-state index contributed by atoms with van der Waals surface area (Å²) >= 11 is 0. The Balaban J connectivity index is 1.59. The average Bonchev–Trinajstić information content (AvgIpc) is 2.93. The molecule has 2 heterocycles. The van der Waals surface area contributed by atoms with Gasteiger partial charge in [-0.2, -0.15) is 0 Å². The van der Waals surface area contributed by atoms with Crippen molar-refractivity contribution in [2.45, 2.75) is 37.6 Å². The summed E-state index contributed by atoms with van der Waals surface area (Å²) in [6.45, 7) is 3.05. The number of nitrogens with zero attached hydrogens (tertiary/aromatic N) is 1. The Morgan fingerprint density at radius 1 is 1.28 bits per heavy atom. The van der Waals surface area contributed by atoms with Gasteiger partial charge in [-0.15, -0.1) is 0 Å². The highest BCUT2D eigenvalue weighted by Gasteiger charge is 2.51. The van der Waals surface area contributed by atoms with Crippen LogP contribution in [0.3, 0.4) is 0 Å². The fraction of sp³-hybridized carbons (Fsp3) is 0.600. The predicted molar refractivity (Wildman–Crippen MR) is 69.1 cm³/mol. The second-order valence-corrected chi connectivity index (χ2v) is 5.43. The normalized spacial score (nSPS) is 31.7. The molecular formula is C15H20FNO. The van der Waals surface area contributed by atoms with Gasteiger partial charge in [-0.1, -0.05) is 30.3 Å². The van der Waals surface area contributed by atoms with E-state index >= 15 is 0 Å². The fourth-order valence-corrected chi connectivity index (χ4v) is 3.36. The van der Waals surface area contributed by atoms with E-state index in [0.29, 0.717) is 19.6 Å². The Labute approximate surface area is 108 Å². The van der Waals surface area contributed by atoms with Crippen molar-refractivity contribution in [3.63, 3.8) is 0 Å². The summed E-state index contributed by atoms with van der Waals surface area (Å²) < 4.78 is 19.9. The molecule has 1 unspecified atom stereocenters. The standard InChI is InChI=1S/C15H20FNO/c16-14-7-10-17-9-4-8-15(14,17)12-18-11-13-5-2-1-3-6-13/h1-3,5-6,14H,4,7-12H2/t14?,15-/m0/s1. The van der Waals surface area contributed by atoms with E-state index in [4.69, 9.17) is 4.74 Å². The maximum atomic E-state index is 14.1. The van der Waals surface area contributed by atoms with E-state index in [0.717, 1.165) is 31.5 Å². The Hall–Kier alpha value is -0.930. The quantitative estimate of drug-likeness (QED) is 0.813. The predicted octanol–water partition coefficient (Wildman–Crippen LogP) is 2.78. The van der Waals surface area contributed by atoms with Crippen LogP contribution in [-0.2, 0) is 11.3 Å². The number of rotatable bonds is 4. The van der Waals surface area contributed by atoms with Crippen LogP contribution in [0.2, 0.25) is 0 Å². The molecule has 0 N–H and O–H groups in total. The zero-order valence-electron chi connectivity index (χ0n) is 10.6. The molecular weight excluding hydrogens is 229 g/mol. The zero-order chi connectivity index (χ0) is 12.4. The molecule has 0 aliphatic carbocycles. The Bertz CT molecular complexity index is 397. The molecule has 0 radical (unpaired) electrons. The van der Waals surface area contributed by atoms with Gasteiger partial charge < -0.3 is 4.74 Å². The van der Waals surface area contributed by atoms with Gasteiger partial charge in [0.15, 0.2) is 0 Å². The third-order valence-corrected chi connectivity index (χ3v) is 4.37. The summed E-state index contributed by atoms with van der Waals surface area (Å²) in [6, 6.07) is 10.1. The summed E-state index contributed by atoms with van der Waals surface area (Å²) in [4.78, 5) is 2.29. The van der Waals surface area contributed by atoms with Gasteiger partial charge in [0, 0.05) is 6.54 Å². The van der Waals surface area contributed by atoms with Crippen molar-refractivity contribution < 1.29 is 9.13 Å². The van der Waals surface area contributed by atoms with Crippen LogP contribution in [0.15, 0.2) is 30.3 Å². The van der Waals surface area contributed by atoms with Crippen molar-refractivity contribution in [2.24, 2.45) is 0 Å². The van der Waals surface area contributed by atoms with E-state index in [9.17, 15) is 4.39 Å². The SMILES string of the molecule is FC1CCN2CCC[C@]12COCc1ccccc1. The van der Waals surface area contributed by atoms with E-state index < -0.39 is 6.17 Å². The lowest BCUT2D eigenvalue weighted by Crippen LogP contribution is -2.48. The molecule has 2 fully saturated rings. The third-order valence-electron chi connectivity index (χ3n) is 4.37. The lowest BCUT2D eigenvalue weighted by molar-refractivity contribution is -0.00305. The van der Waals surface area contributed by atoms with Crippen LogP contribution in [0.25, 0.3) is 0 Å². The molecule has 2 aliphatic rings. The first kappa shape index (κ1) is 12.1. The first-order valence-electron chi connectivity index (χ1n) is 6.82. The van der Waals surface area contributed by atoms with Gasteiger partial charge in [0.05, 0.1) is 18.8 Å². The van der Waals surface area contributed by atoms with Crippen LogP contribution in [-0.4, -0.2) is 36.3 Å². The molecule has 3 rings (SSSR count). The van der Waals surface area contributed by atoms with Crippen molar-refractivity contribution in [3.8, 4) is 0 Å². The van der Waals surface area contributed by atoms with Crippen molar-refractivity contribution in [3.05, 3.63) is 35.9 Å². The van der Waals surface area contributed by atoms with Crippen LogP contribution in [0.4, 0.5) is 4.39 Å². The van der Waals surface area contributed by atoms with Crippen LogP contribution >= 0.6 is 0 Å². The molecule has 0 amide bonds. The van der Waals surface area contributed by atoms with Crippen molar-refractivity contribution in [1.29, 1.82) is 0 Å².